The number of nitrogens with zero attached hydrogens (tertiary/aromatic N) is 3. The first-order chi connectivity index (χ1) is 17.2. The summed E-state index contributed by atoms with van der Waals surface area (Å²) in [5.74, 6) is -1.29. The maximum Gasteiger partial charge on any atom is 0.258 e. The van der Waals surface area contributed by atoms with Crippen molar-refractivity contribution in [2.75, 3.05) is 11.9 Å². The number of hydrogen-bond donors (Lipinski definition) is 3. The first-order valence-electron chi connectivity index (χ1n) is 11.9. The van der Waals surface area contributed by atoms with Crippen molar-refractivity contribution in [3.8, 4) is 11.3 Å². The average Bonchev–Trinajstić information content (AvgIpc) is 3.18. The van der Waals surface area contributed by atoms with E-state index in [9.17, 15) is 14.7 Å². The minimum Gasteiger partial charge on any atom is -0.394 e. The summed E-state index contributed by atoms with van der Waals surface area (Å²) in [7, 11) is 0. The molecule has 36 heavy (non-hydrogen) atoms. The van der Waals surface area contributed by atoms with Gasteiger partial charge < -0.3 is 20.6 Å². The third-order valence-corrected chi connectivity index (χ3v) is 6.18. The second-order valence-electron chi connectivity index (χ2n) is 9.29. The maximum atomic E-state index is 15.6. The van der Waals surface area contributed by atoms with Crippen molar-refractivity contribution < 1.29 is 19.1 Å². The van der Waals surface area contributed by atoms with Crippen LogP contribution < -0.4 is 10.6 Å². The lowest BCUT2D eigenvalue weighted by atomic mass is 10.0. The molecule has 188 valence electrons. The molecule has 0 spiro atoms. The van der Waals surface area contributed by atoms with Crippen molar-refractivity contribution in [2.45, 2.75) is 52.4 Å². The SMILES string of the molecule is Cc1cccc(C(CO)NC(=O)C(C)N2Cc3ccc(-c4ccnc(NC(C)C)n4)c(F)c3C2=O)c1. The average molecular weight is 492 g/mol. The van der Waals surface area contributed by atoms with Gasteiger partial charge in [-0.2, -0.15) is 0 Å². The molecule has 0 aliphatic carbocycles. The number of amides is 2. The van der Waals surface area contributed by atoms with Gasteiger partial charge >= 0.3 is 0 Å². The minimum absolute atomic E-state index is 0.0541. The third-order valence-electron chi connectivity index (χ3n) is 6.18. The lowest BCUT2D eigenvalue weighted by Crippen LogP contribution is -2.46. The van der Waals surface area contributed by atoms with Crippen LogP contribution in [0.15, 0.2) is 48.7 Å². The van der Waals surface area contributed by atoms with Crippen LogP contribution >= 0.6 is 0 Å². The van der Waals surface area contributed by atoms with Crippen molar-refractivity contribution in [1.29, 1.82) is 0 Å². The number of fused-ring (bicyclic) bond motifs is 1. The zero-order chi connectivity index (χ0) is 26.0. The molecule has 1 aliphatic rings. The molecule has 0 radical (unpaired) electrons. The van der Waals surface area contributed by atoms with Crippen LogP contribution in [-0.2, 0) is 11.3 Å². The molecule has 2 heterocycles. The smallest absolute Gasteiger partial charge is 0.258 e. The van der Waals surface area contributed by atoms with Crippen molar-refractivity contribution in [2.24, 2.45) is 0 Å². The number of hydrogen-bond acceptors (Lipinski definition) is 6. The van der Waals surface area contributed by atoms with Gasteiger partial charge in [0, 0.05) is 24.3 Å². The summed E-state index contributed by atoms with van der Waals surface area (Å²) in [6, 6.07) is 11.0. The Morgan fingerprint density at radius 1 is 1.19 bits per heavy atom. The minimum atomic E-state index is -0.868. The van der Waals surface area contributed by atoms with Crippen molar-refractivity contribution in [3.63, 3.8) is 0 Å². The van der Waals surface area contributed by atoms with Gasteiger partial charge in [0.15, 0.2) is 0 Å². The molecular formula is C27H30FN5O3. The fourth-order valence-corrected chi connectivity index (χ4v) is 4.28. The molecule has 1 aromatic heterocycles. The number of anilines is 1. The number of nitrogens with one attached hydrogen (secondary N) is 2. The Bertz CT molecular complexity index is 1300. The highest BCUT2D eigenvalue weighted by Gasteiger charge is 2.37. The molecule has 2 atom stereocenters. The van der Waals surface area contributed by atoms with Crippen LogP contribution in [0.25, 0.3) is 11.3 Å². The van der Waals surface area contributed by atoms with Crippen LogP contribution in [0, 0.1) is 12.7 Å². The Kier molecular flexibility index (Phi) is 7.30. The highest BCUT2D eigenvalue weighted by molar-refractivity contribution is 6.02. The molecular weight excluding hydrogens is 461 g/mol. The highest BCUT2D eigenvalue weighted by Crippen LogP contribution is 2.33. The summed E-state index contributed by atoms with van der Waals surface area (Å²) in [4.78, 5) is 36.1. The molecule has 2 aromatic carbocycles. The fourth-order valence-electron chi connectivity index (χ4n) is 4.28. The zero-order valence-electron chi connectivity index (χ0n) is 20.7. The first-order valence-corrected chi connectivity index (χ1v) is 11.9. The van der Waals surface area contributed by atoms with Crippen LogP contribution in [0.5, 0.6) is 0 Å². The Balaban J connectivity index is 1.54. The summed E-state index contributed by atoms with van der Waals surface area (Å²) in [5.41, 5.74) is 2.76. The molecule has 0 saturated heterocycles. The summed E-state index contributed by atoms with van der Waals surface area (Å²) >= 11 is 0. The first kappa shape index (κ1) is 25.2. The highest BCUT2D eigenvalue weighted by atomic mass is 19.1. The number of carbonyl (C=O) groups excluding carboxylic acids is 2. The van der Waals surface area contributed by atoms with Crippen LogP contribution in [0.4, 0.5) is 10.3 Å². The Labute approximate surface area is 209 Å². The van der Waals surface area contributed by atoms with Gasteiger partial charge in [0.1, 0.15) is 11.9 Å². The van der Waals surface area contributed by atoms with E-state index in [0.717, 1.165) is 11.1 Å². The quantitative estimate of drug-likeness (QED) is 0.444. The van der Waals surface area contributed by atoms with Gasteiger partial charge in [-0.1, -0.05) is 35.9 Å². The van der Waals surface area contributed by atoms with Gasteiger partial charge in [-0.3, -0.25) is 9.59 Å². The second-order valence-corrected chi connectivity index (χ2v) is 9.29. The van der Waals surface area contributed by atoms with Crippen LogP contribution in [0.2, 0.25) is 0 Å². The van der Waals surface area contributed by atoms with E-state index < -0.39 is 29.7 Å². The van der Waals surface area contributed by atoms with Gasteiger partial charge in [0.2, 0.25) is 11.9 Å². The van der Waals surface area contributed by atoms with E-state index >= 15 is 4.39 Å². The summed E-state index contributed by atoms with van der Waals surface area (Å²) in [6.07, 6.45) is 1.53. The van der Waals surface area contributed by atoms with Gasteiger partial charge in [0.25, 0.3) is 5.91 Å². The van der Waals surface area contributed by atoms with E-state index in [1.54, 1.807) is 25.1 Å². The second kappa shape index (κ2) is 10.4. The molecule has 1 aliphatic heterocycles. The van der Waals surface area contributed by atoms with Crippen LogP contribution in [0.3, 0.4) is 0 Å². The predicted molar refractivity (Wildman–Crippen MR) is 135 cm³/mol. The lowest BCUT2D eigenvalue weighted by molar-refractivity contribution is -0.126. The number of carbonyl (C=O) groups is 2. The van der Waals surface area contributed by atoms with Crippen LogP contribution in [0.1, 0.15) is 53.9 Å². The number of aliphatic hydroxyl groups excluding tert-OH is 1. The van der Waals surface area contributed by atoms with E-state index in [2.05, 4.69) is 20.6 Å². The van der Waals surface area contributed by atoms with Gasteiger partial charge in [-0.05, 0) is 51.0 Å². The normalized spacial score (nSPS) is 14.5. The lowest BCUT2D eigenvalue weighted by Gasteiger charge is -2.26. The molecule has 8 nitrogen and oxygen atoms in total. The molecule has 3 aromatic rings. The van der Waals surface area contributed by atoms with Gasteiger partial charge in [-0.15, -0.1) is 0 Å². The van der Waals surface area contributed by atoms with Gasteiger partial charge in [0.05, 0.1) is 23.9 Å². The summed E-state index contributed by atoms with van der Waals surface area (Å²) < 4.78 is 15.6. The monoisotopic (exact) mass is 491 g/mol. The molecule has 3 N–H and O–H groups in total. The predicted octanol–water partition coefficient (Wildman–Crippen LogP) is 3.61. The van der Waals surface area contributed by atoms with Crippen molar-refractivity contribution in [3.05, 3.63) is 76.7 Å². The maximum absolute atomic E-state index is 15.6. The van der Waals surface area contributed by atoms with Crippen LogP contribution in [-0.4, -0.2) is 50.5 Å². The molecule has 0 bridgehead atoms. The Morgan fingerprint density at radius 3 is 2.67 bits per heavy atom. The largest absolute Gasteiger partial charge is 0.394 e. The molecule has 0 saturated carbocycles. The number of aryl methyl sites for hydroxylation is 1. The zero-order valence-corrected chi connectivity index (χ0v) is 20.7. The summed E-state index contributed by atoms with van der Waals surface area (Å²) in [5, 5.41) is 15.7. The third kappa shape index (κ3) is 5.06. The number of rotatable bonds is 8. The van der Waals surface area contributed by atoms with Crippen molar-refractivity contribution >= 4 is 17.8 Å². The van der Waals surface area contributed by atoms with E-state index in [1.807, 2.05) is 45.0 Å². The van der Waals surface area contributed by atoms with Gasteiger partial charge in [-0.25, -0.2) is 14.4 Å². The van der Waals surface area contributed by atoms with E-state index in [4.69, 9.17) is 0 Å². The molecule has 0 fully saturated rings. The number of aromatic nitrogens is 2. The topological polar surface area (TPSA) is 107 Å². The molecule has 2 unspecified atom stereocenters. The number of benzene rings is 2. The Hall–Kier alpha value is -3.85. The number of aliphatic hydroxyl groups is 1. The van der Waals surface area contributed by atoms with Crippen molar-refractivity contribution in [1.82, 2.24) is 20.2 Å². The summed E-state index contributed by atoms with van der Waals surface area (Å²) in [6.45, 7) is 7.23. The Morgan fingerprint density at radius 2 is 1.97 bits per heavy atom. The molecule has 9 heteroatoms. The van der Waals surface area contributed by atoms with E-state index in [0.29, 0.717) is 17.2 Å². The standard InChI is InChI=1S/C27H30FN5O3/c1-15(2)30-27-29-11-10-21(32-27)20-9-8-19-13-33(26(36)23(19)24(20)28)17(4)25(35)31-22(14-34)18-7-5-6-16(3)12-18/h5-12,15,17,22,34H,13-14H2,1-4H3,(H,31,35)(H,29,30,32). The van der Waals surface area contributed by atoms with E-state index in [-0.39, 0.29) is 30.3 Å². The number of halogens is 1. The molecule has 2 amide bonds. The molecule has 4 rings (SSSR count). The fraction of sp³-hybridized carbons (Fsp3) is 0.333. The van der Waals surface area contributed by atoms with E-state index in [1.165, 1.54) is 11.1 Å².